The third-order valence-corrected chi connectivity index (χ3v) is 13.3. The second-order valence-corrected chi connectivity index (χ2v) is 33.8. The first-order chi connectivity index (χ1) is 37.5. The lowest BCUT2D eigenvalue weighted by Crippen LogP contribution is -2.21. The van der Waals surface area contributed by atoms with Crippen molar-refractivity contribution in [2.75, 3.05) is 0 Å². The van der Waals surface area contributed by atoms with Gasteiger partial charge in [0.15, 0.2) is 0 Å². The SMILES string of the molecule is C.CC(C)(C)CC(C)(C)C.CC(C)(C)c1ccc2c(c1)c1cc(C(C)(C)C)ccc1n2C(C)(C)C.CC(C)(C)n1c2ccccc2c2ccccc21.CC(C)CC(C)(C)C.[2H]C(C)(C)C(C)(C)C.[2H]C([2H])(C)C(C)(C)C.[2H]C([2H])(C)C([2H])([2H])C(C)(C)C. The quantitative estimate of drug-likeness (QED) is 0.164. The van der Waals surface area contributed by atoms with E-state index in [1.54, 1.807) is 27.7 Å². The number of hydrogen-bond acceptors (Lipinski definition) is 0. The molecule has 0 aliphatic rings. The number of benzene rings is 4. The summed E-state index contributed by atoms with van der Waals surface area (Å²) in [4.78, 5) is 0. The summed E-state index contributed by atoms with van der Waals surface area (Å²) in [6.07, 6.45) is -2.02. The first-order valence-electron chi connectivity index (χ1n) is 33.6. The Balaban J connectivity index is 0. The minimum Gasteiger partial charge on any atom is -0.335 e. The largest absolute Gasteiger partial charge is 0.335 e. The highest BCUT2D eigenvalue weighted by molar-refractivity contribution is 6.09. The van der Waals surface area contributed by atoms with E-state index in [4.69, 9.17) is 9.60 Å². The van der Waals surface area contributed by atoms with E-state index in [2.05, 4.69) is 274 Å². The first-order valence-corrected chi connectivity index (χ1v) is 30.1. The Morgan fingerprint density at radius 3 is 0.850 bits per heavy atom. The zero-order valence-corrected chi connectivity index (χ0v) is 59.0. The molecule has 4 aromatic carbocycles. The van der Waals surface area contributed by atoms with Crippen molar-refractivity contribution in [2.45, 2.75) is 311 Å². The Hall–Kier alpha value is -3.52. The van der Waals surface area contributed by atoms with E-state index in [1.165, 1.54) is 74.5 Å². The van der Waals surface area contributed by atoms with Crippen molar-refractivity contribution in [3.63, 3.8) is 0 Å². The summed E-state index contributed by atoms with van der Waals surface area (Å²) in [5, 5.41) is 5.45. The van der Waals surface area contributed by atoms with Crippen LogP contribution in [0.2, 0.25) is 0 Å². The monoisotopic (exact) mass is 1110 g/mol. The standard InChI is InChI=1S/C24H33N.C16H17N.C9H20.C8H18.2C7H16.C6H14.CH4/c1-22(2,3)16-10-12-20-18(14-16)19-15-17(23(4,5)6)11-13-21(19)25(20)24(7,8)9;1-16(2,3)17-14-10-6-4-8-12(14)13-9-5-7-11-15(13)17;1-8(2,3)7-9(4,5)6;1-7(2)6-8(3,4)5;1-6(2)7(3,4)5;1-5-6-7(2,3)4;1-5-6(2,3)4;/h10-15H,1-9H3;4-11H,1-3H3;7H2,1-6H3;7H,6H2,1-5H3;6H,1-5H3;5-6H2,1-4H3;5H2,1-4H3;1H4/i;;;;6D;5D2,6D2;5D2;. The van der Waals surface area contributed by atoms with E-state index in [1.807, 2.05) is 34.6 Å². The summed E-state index contributed by atoms with van der Waals surface area (Å²) < 4.78 is 56.6. The fourth-order valence-electron chi connectivity index (χ4n) is 9.51. The molecular weight excluding hydrogens is 965 g/mol. The lowest BCUT2D eigenvalue weighted by molar-refractivity contribution is 0.233. The molecule has 0 radical (unpaired) electrons. The maximum atomic E-state index is 7.58. The third-order valence-electron chi connectivity index (χ3n) is 13.3. The number of aromatic nitrogens is 2. The normalized spacial score (nSPS) is 14.8. The lowest BCUT2D eigenvalue weighted by atomic mass is 9.78. The Kier molecular flexibility index (Phi) is 24.9. The molecular formula is C78H138N2. The summed E-state index contributed by atoms with van der Waals surface area (Å²) in [7, 11) is 0. The summed E-state index contributed by atoms with van der Waals surface area (Å²) in [5.74, 6) is 0.530. The lowest BCUT2D eigenvalue weighted by Gasteiger charge is -2.28. The van der Waals surface area contributed by atoms with Crippen LogP contribution in [0.15, 0.2) is 84.9 Å². The molecule has 0 fully saturated rings. The van der Waals surface area contributed by atoms with Crippen LogP contribution in [0.1, 0.15) is 309 Å². The number of nitrogens with zero attached hydrogens (tertiary/aromatic N) is 2. The van der Waals surface area contributed by atoms with Crippen molar-refractivity contribution in [1.82, 2.24) is 9.13 Å². The molecule has 0 aliphatic carbocycles. The summed E-state index contributed by atoms with van der Waals surface area (Å²) in [6.45, 7) is 76.3. The van der Waals surface area contributed by atoms with Gasteiger partial charge in [0.1, 0.15) is 0 Å². The molecule has 6 rings (SSSR count). The predicted octanol–water partition coefficient (Wildman–Crippen LogP) is 26.8. The minimum atomic E-state index is -1.79. The second-order valence-electron chi connectivity index (χ2n) is 33.8. The zero-order valence-electron chi connectivity index (χ0n) is 66.0. The van der Waals surface area contributed by atoms with Crippen LogP contribution in [0.25, 0.3) is 43.6 Å². The maximum Gasteiger partial charge on any atom is 0.0496 e. The average molecular weight is 1110 g/mol. The fraction of sp³-hybridized carbons (Fsp3) is 0.692. The molecule has 0 N–H and O–H groups in total. The Morgan fingerprint density at radius 1 is 0.400 bits per heavy atom. The van der Waals surface area contributed by atoms with Crippen molar-refractivity contribution >= 4 is 43.6 Å². The topological polar surface area (TPSA) is 9.86 Å². The number of para-hydroxylation sites is 2. The van der Waals surface area contributed by atoms with Crippen LogP contribution >= 0.6 is 0 Å². The van der Waals surface area contributed by atoms with E-state index < -0.39 is 24.5 Å². The van der Waals surface area contributed by atoms with Gasteiger partial charge in [-0.2, -0.15) is 0 Å². The maximum absolute atomic E-state index is 7.58. The van der Waals surface area contributed by atoms with Gasteiger partial charge >= 0.3 is 0 Å². The number of fused-ring (bicyclic) bond motifs is 6. The molecule has 2 nitrogen and oxygen atoms in total. The third kappa shape index (κ3) is 29.6. The molecule has 6 aromatic rings. The predicted molar refractivity (Wildman–Crippen MR) is 374 cm³/mol. The van der Waals surface area contributed by atoms with Crippen LogP contribution in [0.3, 0.4) is 0 Å². The van der Waals surface area contributed by atoms with Crippen LogP contribution in [0.4, 0.5) is 0 Å². The van der Waals surface area contributed by atoms with E-state index in [9.17, 15) is 0 Å². The van der Waals surface area contributed by atoms with Crippen molar-refractivity contribution < 1.29 is 9.60 Å². The van der Waals surface area contributed by atoms with Crippen molar-refractivity contribution in [3.05, 3.63) is 96.1 Å². The molecule has 0 unspecified atom stereocenters. The van der Waals surface area contributed by atoms with Crippen LogP contribution in [-0.4, -0.2) is 9.13 Å². The Labute approximate surface area is 511 Å². The number of hydrogen-bond donors (Lipinski definition) is 0. The van der Waals surface area contributed by atoms with Gasteiger partial charge in [-0.25, -0.2) is 0 Å². The van der Waals surface area contributed by atoms with Gasteiger partial charge in [0.05, 0.1) is 0 Å². The minimum absolute atomic E-state index is 0. The van der Waals surface area contributed by atoms with Gasteiger partial charge in [-0.15, -0.1) is 0 Å². The molecule has 0 aliphatic heterocycles. The Morgan fingerprint density at radius 2 is 0.688 bits per heavy atom. The van der Waals surface area contributed by atoms with E-state index in [0.717, 1.165) is 5.92 Å². The van der Waals surface area contributed by atoms with Crippen LogP contribution in [0, 0.1) is 44.3 Å². The van der Waals surface area contributed by atoms with Crippen molar-refractivity contribution in [1.29, 1.82) is 0 Å². The first kappa shape index (κ1) is 65.6. The van der Waals surface area contributed by atoms with Crippen molar-refractivity contribution in [3.8, 4) is 0 Å². The molecule has 0 bridgehead atoms. The smallest absolute Gasteiger partial charge is 0.0496 e. The fourth-order valence-corrected chi connectivity index (χ4v) is 9.51. The summed E-state index contributed by atoms with van der Waals surface area (Å²) >= 11 is 0. The molecule has 0 saturated heterocycles. The second kappa shape index (κ2) is 30.3. The van der Waals surface area contributed by atoms with Gasteiger partial charge in [0.25, 0.3) is 0 Å². The molecule has 0 saturated carbocycles. The number of rotatable bonds is 2. The van der Waals surface area contributed by atoms with E-state index in [-0.39, 0.29) is 46.1 Å². The average Bonchev–Trinajstić information content (AvgIpc) is 1.64. The highest BCUT2D eigenvalue weighted by atomic mass is 15.1. The van der Waals surface area contributed by atoms with Crippen LogP contribution < -0.4 is 0 Å². The van der Waals surface area contributed by atoms with Gasteiger partial charge in [-0.05, 0) is 163 Å². The van der Waals surface area contributed by atoms with Gasteiger partial charge in [0, 0.05) is 64.3 Å². The molecule has 2 heterocycles. The van der Waals surface area contributed by atoms with Crippen LogP contribution in [-0.2, 0) is 21.9 Å². The molecule has 2 aromatic heterocycles. The van der Waals surface area contributed by atoms with Crippen molar-refractivity contribution in [2.24, 2.45) is 44.3 Å². The van der Waals surface area contributed by atoms with Gasteiger partial charge in [0.2, 0.25) is 0 Å². The highest BCUT2D eigenvalue weighted by Crippen LogP contribution is 2.39. The molecule has 2 heteroatoms. The molecule has 0 amide bonds. The zero-order chi connectivity index (χ0) is 68.8. The highest BCUT2D eigenvalue weighted by Gasteiger charge is 2.25. The van der Waals surface area contributed by atoms with Crippen LogP contribution in [0.5, 0.6) is 0 Å². The van der Waals surface area contributed by atoms with Gasteiger partial charge < -0.3 is 9.13 Å². The summed E-state index contributed by atoms with van der Waals surface area (Å²) in [6, 6.07) is 31.3. The molecule has 460 valence electrons. The molecule has 0 spiro atoms. The molecule has 0 atom stereocenters. The molecule has 80 heavy (non-hydrogen) atoms. The Bertz CT molecular complexity index is 2800. The summed E-state index contributed by atoms with van der Waals surface area (Å²) in [5.41, 5.74) is 9.28. The van der Waals surface area contributed by atoms with E-state index in [0.29, 0.717) is 16.2 Å². The van der Waals surface area contributed by atoms with E-state index >= 15 is 0 Å². The van der Waals surface area contributed by atoms with Gasteiger partial charge in [-0.3, -0.25) is 0 Å². The van der Waals surface area contributed by atoms with Gasteiger partial charge in [-0.1, -0.05) is 276 Å².